The molecule has 1 aliphatic heterocycles. The number of halogens is 2. The van der Waals surface area contributed by atoms with Crippen LogP contribution in [0.4, 0.5) is 10.1 Å². The Morgan fingerprint density at radius 1 is 1.26 bits per heavy atom. The van der Waals surface area contributed by atoms with Gasteiger partial charge in [-0.25, -0.2) is 9.18 Å². The molecule has 162 valence electrons. The highest BCUT2D eigenvalue weighted by molar-refractivity contribution is 6.32. The number of methoxy groups -OCH3 is 1. The van der Waals surface area contributed by atoms with Crippen molar-refractivity contribution < 1.29 is 28.2 Å². The number of rotatable bonds is 6. The molecule has 0 fully saturated rings. The summed E-state index contributed by atoms with van der Waals surface area (Å²) in [6.45, 7) is 1.41. The molecule has 9 heteroatoms. The lowest BCUT2D eigenvalue weighted by Gasteiger charge is -2.24. The number of amides is 2. The van der Waals surface area contributed by atoms with E-state index in [9.17, 15) is 18.8 Å². The largest absolute Gasteiger partial charge is 0.480 e. The molecule has 0 spiro atoms. The van der Waals surface area contributed by atoms with Crippen molar-refractivity contribution in [2.75, 3.05) is 19.0 Å². The molecule has 2 aromatic rings. The normalized spacial score (nSPS) is 15.5. The molecule has 2 amide bonds. The first-order valence-corrected chi connectivity index (χ1v) is 9.72. The van der Waals surface area contributed by atoms with Gasteiger partial charge in [0.2, 0.25) is 5.91 Å². The maximum Gasteiger partial charge on any atom is 0.343 e. The Balaban J connectivity index is 1.84. The van der Waals surface area contributed by atoms with Crippen LogP contribution in [0, 0.1) is 12.7 Å². The minimum absolute atomic E-state index is 0.0535. The molecule has 3 rings (SSSR count). The van der Waals surface area contributed by atoms with E-state index in [1.54, 1.807) is 25.1 Å². The number of esters is 1. The molecule has 1 aliphatic rings. The zero-order valence-electron chi connectivity index (χ0n) is 16.8. The Bertz CT molecular complexity index is 1050. The Labute approximate surface area is 183 Å². The van der Waals surface area contributed by atoms with E-state index >= 15 is 0 Å². The van der Waals surface area contributed by atoms with Crippen molar-refractivity contribution >= 4 is 35.1 Å². The Kier molecular flexibility index (Phi) is 6.91. The average molecular weight is 447 g/mol. The van der Waals surface area contributed by atoms with E-state index in [2.05, 4.69) is 15.4 Å². The summed E-state index contributed by atoms with van der Waals surface area (Å²) < 4.78 is 23.2. The molecular weight excluding hydrogens is 427 g/mol. The van der Waals surface area contributed by atoms with Crippen molar-refractivity contribution in [3.05, 3.63) is 70.1 Å². The highest BCUT2D eigenvalue weighted by atomic mass is 35.5. The predicted molar refractivity (Wildman–Crippen MR) is 112 cm³/mol. The number of ether oxygens (including phenoxy) is 2. The van der Waals surface area contributed by atoms with E-state index in [1.807, 2.05) is 0 Å². The molecule has 0 saturated heterocycles. The van der Waals surface area contributed by atoms with Crippen LogP contribution in [0.15, 0.2) is 48.2 Å². The monoisotopic (exact) mass is 446 g/mol. The Morgan fingerprint density at radius 3 is 2.65 bits per heavy atom. The minimum atomic E-state index is -0.576. The smallest absolute Gasteiger partial charge is 0.343 e. The second kappa shape index (κ2) is 9.61. The van der Waals surface area contributed by atoms with E-state index in [-0.39, 0.29) is 29.7 Å². The van der Waals surface area contributed by atoms with Gasteiger partial charge in [0.05, 0.1) is 12.1 Å². The Morgan fingerprint density at radius 2 is 1.97 bits per heavy atom. The molecule has 0 bridgehead atoms. The first-order chi connectivity index (χ1) is 14.8. The van der Waals surface area contributed by atoms with E-state index < -0.39 is 23.6 Å². The number of hydrogen-bond donors (Lipinski definition) is 2. The van der Waals surface area contributed by atoms with Crippen LogP contribution in [0.1, 0.15) is 23.5 Å². The fourth-order valence-electron chi connectivity index (χ4n) is 3.12. The van der Waals surface area contributed by atoms with Crippen LogP contribution < -0.4 is 15.4 Å². The van der Waals surface area contributed by atoms with Gasteiger partial charge >= 0.3 is 5.97 Å². The van der Waals surface area contributed by atoms with Gasteiger partial charge in [0, 0.05) is 35.9 Å². The van der Waals surface area contributed by atoms with Gasteiger partial charge in [-0.2, -0.15) is 0 Å². The number of carbonyl (C=O) groups excluding carboxylic acids is 3. The summed E-state index contributed by atoms with van der Waals surface area (Å²) in [5.74, 6) is -2.00. The van der Waals surface area contributed by atoms with Gasteiger partial charge in [0.25, 0.3) is 5.91 Å². The molecule has 31 heavy (non-hydrogen) atoms. The topological polar surface area (TPSA) is 93.7 Å². The maximum absolute atomic E-state index is 13.3. The van der Waals surface area contributed by atoms with Crippen LogP contribution in [0.2, 0.25) is 5.02 Å². The van der Waals surface area contributed by atoms with Gasteiger partial charge in [-0.05, 0) is 36.2 Å². The van der Waals surface area contributed by atoms with Gasteiger partial charge < -0.3 is 20.1 Å². The summed E-state index contributed by atoms with van der Waals surface area (Å²) in [5.41, 5.74) is 2.05. The highest BCUT2D eigenvalue weighted by Gasteiger charge is 2.29. The summed E-state index contributed by atoms with van der Waals surface area (Å²) in [7, 11) is 1.24. The third-order valence-electron chi connectivity index (χ3n) is 4.79. The van der Waals surface area contributed by atoms with Crippen LogP contribution in [0.5, 0.6) is 5.75 Å². The summed E-state index contributed by atoms with van der Waals surface area (Å²) in [6.07, 6.45) is 1.41. The van der Waals surface area contributed by atoms with Crippen molar-refractivity contribution in [1.82, 2.24) is 5.32 Å². The fraction of sp³-hybridized carbons (Fsp3) is 0.227. The third kappa shape index (κ3) is 5.40. The number of anilines is 1. The molecule has 2 aromatic carbocycles. The first kappa shape index (κ1) is 22.3. The van der Waals surface area contributed by atoms with Crippen LogP contribution in [0.25, 0.3) is 0 Å². The number of carbonyl (C=O) groups is 3. The summed E-state index contributed by atoms with van der Waals surface area (Å²) >= 11 is 6.17. The average Bonchev–Trinajstić information content (AvgIpc) is 2.74. The molecule has 2 N–H and O–H groups in total. The summed E-state index contributed by atoms with van der Waals surface area (Å²) in [4.78, 5) is 36.3. The van der Waals surface area contributed by atoms with Crippen molar-refractivity contribution in [3.8, 4) is 5.75 Å². The fourth-order valence-corrected chi connectivity index (χ4v) is 3.39. The first-order valence-electron chi connectivity index (χ1n) is 9.34. The minimum Gasteiger partial charge on any atom is -0.480 e. The molecule has 1 atom stereocenters. The van der Waals surface area contributed by atoms with Gasteiger partial charge in [-0.1, -0.05) is 23.7 Å². The van der Waals surface area contributed by atoms with Crippen LogP contribution in [-0.2, 0) is 19.1 Å². The molecule has 0 unspecified atom stereocenters. The van der Waals surface area contributed by atoms with E-state index in [4.69, 9.17) is 16.3 Å². The van der Waals surface area contributed by atoms with Crippen LogP contribution in [0.3, 0.4) is 0 Å². The number of hydrogen-bond acceptors (Lipinski definition) is 5. The molecule has 0 saturated carbocycles. The van der Waals surface area contributed by atoms with Gasteiger partial charge in [0.15, 0.2) is 6.61 Å². The maximum atomic E-state index is 13.3. The van der Waals surface area contributed by atoms with E-state index in [1.165, 1.54) is 31.5 Å². The van der Waals surface area contributed by atoms with Crippen LogP contribution >= 0.6 is 11.6 Å². The third-order valence-corrected chi connectivity index (χ3v) is 5.08. The SMILES string of the molecule is COC(=O)COc1cc(NC(=O)C2=CNC(=O)C[C@H]2c2ccc(F)cc2)c(C)cc1Cl. The van der Waals surface area contributed by atoms with Gasteiger partial charge in [-0.15, -0.1) is 0 Å². The molecule has 7 nitrogen and oxygen atoms in total. The van der Waals surface area contributed by atoms with Crippen LogP contribution in [-0.4, -0.2) is 31.5 Å². The molecule has 1 heterocycles. The standard InChI is InChI=1S/C22H20ClFN2O5/c1-12-7-17(23)19(31-11-21(28)30-2)9-18(12)26-22(29)16-10-25-20(27)8-15(16)13-3-5-14(24)6-4-13/h3-7,9-10,15H,8,11H2,1-2H3,(H,25,27)(H,26,29)/t15-/m0/s1. The zero-order chi connectivity index (χ0) is 22.5. The second-order valence-electron chi connectivity index (χ2n) is 6.89. The highest BCUT2D eigenvalue weighted by Crippen LogP contribution is 2.34. The predicted octanol–water partition coefficient (Wildman–Crippen LogP) is 3.47. The van der Waals surface area contributed by atoms with E-state index in [0.29, 0.717) is 22.4 Å². The summed E-state index contributed by atoms with van der Waals surface area (Å²) in [6, 6.07) is 8.76. The molecular formula is C22H20ClFN2O5. The molecule has 0 radical (unpaired) electrons. The van der Waals surface area contributed by atoms with E-state index in [0.717, 1.165) is 0 Å². The van der Waals surface area contributed by atoms with Gasteiger partial charge in [-0.3, -0.25) is 9.59 Å². The van der Waals surface area contributed by atoms with Crippen molar-refractivity contribution in [2.24, 2.45) is 0 Å². The second-order valence-corrected chi connectivity index (χ2v) is 7.30. The number of aryl methyl sites for hydroxylation is 1. The lowest BCUT2D eigenvalue weighted by atomic mass is 9.86. The van der Waals surface area contributed by atoms with Crippen molar-refractivity contribution in [1.29, 1.82) is 0 Å². The quantitative estimate of drug-likeness (QED) is 0.663. The Hall–Kier alpha value is -3.39. The zero-order valence-corrected chi connectivity index (χ0v) is 17.6. The molecule has 0 aromatic heterocycles. The number of benzene rings is 2. The summed E-state index contributed by atoms with van der Waals surface area (Å²) in [5, 5.41) is 5.61. The van der Waals surface area contributed by atoms with Crippen molar-refractivity contribution in [2.45, 2.75) is 19.3 Å². The lowest BCUT2D eigenvalue weighted by Crippen LogP contribution is -2.32. The molecule has 0 aliphatic carbocycles. The number of nitrogens with one attached hydrogen (secondary N) is 2. The lowest BCUT2D eigenvalue weighted by molar-refractivity contribution is -0.142. The van der Waals surface area contributed by atoms with Gasteiger partial charge in [0.1, 0.15) is 11.6 Å². The van der Waals surface area contributed by atoms with Crippen molar-refractivity contribution in [3.63, 3.8) is 0 Å².